The quantitative estimate of drug-likeness (QED) is 0.510. The Morgan fingerprint density at radius 3 is 2.50 bits per heavy atom. The summed E-state index contributed by atoms with van der Waals surface area (Å²) in [6.07, 6.45) is -0.255. The molecule has 1 N–H and O–H groups in total. The molecule has 0 saturated heterocycles. The lowest BCUT2D eigenvalue weighted by atomic mass is 10.1. The smallest absolute Gasteiger partial charge is 0.234 e. The lowest BCUT2D eigenvalue weighted by Gasteiger charge is -2.16. The van der Waals surface area contributed by atoms with E-state index in [2.05, 4.69) is 35.4 Å². The zero-order chi connectivity index (χ0) is 21.7. The van der Waals surface area contributed by atoms with Crippen molar-refractivity contribution < 1.29 is 9.53 Å². The highest BCUT2D eigenvalue weighted by atomic mass is 32.2. The third-order valence-corrected chi connectivity index (χ3v) is 5.53. The molecule has 0 fully saturated rings. The summed E-state index contributed by atoms with van der Waals surface area (Å²) in [7, 11) is 0. The van der Waals surface area contributed by atoms with Gasteiger partial charge in [0.25, 0.3) is 0 Å². The second kappa shape index (κ2) is 9.80. The van der Waals surface area contributed by atoms with Gasteiger partial charge in [0.05, 0.1) is 5.75 Å². The molecule has 1 atom stereocenters. The highest BCUT2D eigenvalue weighted by molar-refractivity contribution is 7.99. The molecule has 0 spiro atoms. The van der Waals surface area contributed by atoms with Gasteiger partial charge >= 0.3 is 0 Å². The van der Waals surface area contributed by atoms with E-state index in [1.165, 1.54) is 11.8 Å². The van der Waals surface area contributed by atoms with Crippen molar-refractivity contribution in [2.75, 3.05) is 11.1 Å². The van der Waals surface area contributed by atoms with Crippen molar-refractivity contribution in [3.05, 3.63) is 65.0 Å². The highest BCUT2D eigenvalue weighted by Crippen LogP contribution is 2.26. The fourth-order valence-corrected chi connectivity index (χ4v) is 4.12. The fourth-order valence-electron chi connectivity index (χ4n) is 3.31. The zero-order valence-electron chi connectivity index (χ0n) is 18.1. The average molecular weight is 425 g/mol. The molecule has 2 aromatic carbocycles. The van der Waals surface area contributed by atoms with E-state index in [4.69, 9.17) is 4.74 Å². The normalized spacial score (nSPS) is 11.9. The number of aryl methyl sites for hydroxylation is 3. The van der Waals surface area contributed by atoms with Crippen LogP contribution in [0.2, 0.25) is 0 Å². The average Bonchev–Trinajstić information content (AvgIpc) is 3.08. The number of hydrogen-bond acceptors (Lipinski definition) is 5. The SMILES string of the molecule is CCn1c(SCC(=O)Nc2cccc(C)c2)nnc1C(C)Oc1cc(C)cc(C)c1. The maximum absolute atomic E-state index is 12.3. The third kappa shape index (κ3) is 5.63. The summed E-state index contributed by atoms with van der Waals surface area (Å²) in [5.41, 5.74) is 4.22. The summed E-state index contributed by atoms with van der Waals surface area (Å²) in [5, 5.41) is 12.3. The van der Waals surface area contributed by atoms with E-state index in [0.29, 0.717) is 11.7 Å². The monoisotopic (exact) mass is 424 g/mol. The first-order chi connectivity index (χ1) is 14.4. The van der Waals surface area contributed by atoms with Gasteiger partial charge in [-0.15, -0.1) is 10.2 Å². The molecule has 1 heterocycles. The minimum absolute atomic E-state index is 0.0719. The number of ether oxygens (including phenoxy) is 1. The van der Waals surface area contributed by atoms with Gasteiger partial charge in [-0.05, 0) is 75.6 Å². The Kier molecular flexibility index (Phi) is 7.15. The van der Waals surface area contributed by atoms with Crippen molar-refractivity contribution >= 4 is 23.4 Å². The molecule has 7 heteroatoms. The molecule has 3 aromatic rings. The number of hydrogen-bond donors (Lipinski definition) is 1. The van der Waals surface area contributed by atoms with Crippen molar-refractivity contribution in [1.82, 2.24) is 14.8 Å². The first-order valence-corrected chi connectivity index (χ1v) is 11.0. The second-order valence-corrected chi connectivity index (χ2v) is 8.32. The van der Waals surface area contributed by atoms with Crippen LogP contribution in [0.4, 0.5) is 5.69 Å². The molecular formula is C23H28N4O2S. The Bertz CT molecular complexity index is 1010. The van der Waals surface area contributed by atoms with E-state index >= 15 is 0 Å². The van der Waals surface area contributed by atoms with Crippen molar-refractivity contribution in [1.29, 1.82) is 0 Å². The Hall–Kier alpha value is -2.80. The van der Waals surface area contributed by atoms with Gasteiger partial charge in [0.1, 0.15) is 5.75 Å². The van der Waals surface area contributed by atoms with Gasteiger partial charge in [-0.1, -0.05) is 30.0 Å². The van der Waals surface area contributed by atoms with Crippen molar-refractivity contribution in [2.45, 2.75) is 52.4 Å². The summed E-state index contributed by atoms with van der Waals surface area (Å²) in [6, 6.07) is 13.9. The molecule has 6 nitrogen and oxygen atoms in total. The summed E-state index contributed by atoms with van der Waals surface area (Å²) in [5.74, 6) is 1.76. The topological polar surface area (TPSA) is 69.0 Å². The van der Waals surface area contributed by atoms with Gasteiger partial charge in [0.2, 0.25) is 5.91 Å². The molecule has 0 aliphatic heterocycles. The Balaban J connectivity index is 1.65. The van der Waals surface area contributed by atoms with E-state index in [1.807, 2.05) is 61.7 Å². The van der Waals surface area contributed by atoms with E-state index in [1.54, 1.807) is 0 Å². The van der Waals surface area contributed by atoms with Gasteiger partial charge in [0, 0.05) is 12.2 Å². The molecule has 0 saturated carbocycles. The Morgan fingerprint density at radius 2 is 1.83 bits per heavy atom. The van der Waals surface area contributed by atoms with Gasteiger partial charge in [0.15, 0.2) is 17.1 Å². The number of rotatable bonds is 8. The van der Waals surface area contributed by atoms with E-state index in [-0.39, 0.29) is 17.8 Å². The molecule has 0 aliphatic rings. The molecule has 30 heavy (non-hydrogen) atoms. The maximum Gasteiger partial charge on any atom is 0.234 e. The van der Waals surface area contributed by atoms with Crippen LogP contribution in [0.3, 0.4) is 0 Å². The van der Waals surface area contributed by atoms with Crippen molar-refractivity contribution in [2.24, 2.45) is 0 Å². The summed E-state index contributed by atoms with van der Waals surface area (Å²) in [4.78, 5) is 12.3. The molecule has 0 aliphatic carbocycles. The van der Waals surface area contributed by atoms with Crippen LogP contribution < -0.4 is 10.1 Å². The van der Waals surface area contributed by atoms with Crippen molar-refractivity contribution in [3.8, 4) is 5.75 Å². The number of anilines is 1. The number of thioether (sulfide) groups is 1. The molecule has 1 amide bonds. The van der Waals surface area contributed by atoms with E-state index < -0.39 is 0 Å². The Morgan fingerprint density at radius 1 is 1.10 bits per heavy atom. The first-order valence-electron chi connectivity index (χ1n) is 10.0. The molecule has 1 aromatic heterocycles. The van der Waals surface area contributed by atoms with Crippen LogP contribution in [-0.2, 0) is 11.3 Å². The van der Waals surface area contributed by atoms with Crippen LogP contribution in [0.5, 0.6) is 5.75 Å². The number of nitrogens with zero attached hydrogens (tertiary/aromatic N) is 3. The molecule has 0 radical (unpaired) electrons. The first kappa shape index (κ1) is 21.9. The minimum atomic E-state index is -0.255. The number of aromatic nitrogens is 3. The lowest BCUT2D eigenvalue weighted by molar-refractivity contribution is -0.113. The van der Waals surface area contributed by atoms with E-state index in [9.17, 15) is 4.79 Å². The van der Waals surface area contributed by atoms with Gasteiger partial charge < -0.3 is 14.6 Å². The van der Waals surface area contributed by atoms with Gasteiger partial charge in [-0.3, -0.25) is 4.79 Å². The Labute approximate surface area is 182 Å². The molecule has 158 valence electrons. The van der Waals surface area contributed by atoms with Crippen LogP contribution in [-0.4, -0.2) is 26.4 Å². The van der Waals surface area contributed by atoms with Crippen molar-refractivity contribution in [3.63, 3.8) is 0 Å². The third-order valence-electron chi connectivity index (χ3n) is 4.57. The summed E-state index contributed by atoms with van der Waals surface area (Å²) in [6.45, 7) is 10.8. The standard InChI is InChI=1S/C23H28N4O2S/c1-6-27-22(18(5)29-20-12-16(3)10-17(4)13-20)25-26-23(27)30-14-21(28)24-19-9-7-8-15(2)11-19/h7-13,18H,6,14H2,1-5H3,(H,24,28). The number of benzene rings is 2. The fraction of sp³-hybridized carbons (Fsp3) is 0.348. The van der Waals surface area contributed by atoms with Crippen LogP contribution in [0, 0.1) is 20.8 Å². The predicted molar refractivity (Wildman–Crippen MR) is 121 cm³/mol. The molecule has 3 rings (SSSR count). The van der Waals surface area contributed by atoms with Crippen LogP contribution in [0.25, 0.3) is 0 Å². The van der Waals surface area contributed by atoms with E-state index in [0.717, 1.165) is 34.0 Å². The van der Waals surface area contributed by atoms with Crippen LogP contribution in [0.15, 0.2) is 47.6 Å². The number of amides is 1. The van der Waals surface area contributed by atoms with Crippen LogP contribution in [0.1, 0.15) is 42.5 Å². The predicted octanol–water partition coefficient (Wildman–Crippen LogP) is 5.09. The van der Waals surface area contributed by atoms with Crippen LogP contribution >= 0.6 is 11.8 Å². The molecule has 0 bridgehead atoms. The number of nitrogens with one attached hydrogen (secondary N) is 1. The summed E-state index contributed by atoms with van der Waals surface area (Å²) >= 11 is 1.37. The largest absolute Gasteiger partial charge is 0.483 e. The second-order valence-electron chi connectivity index (χ2n) is 7.37. The summed E-state index contributed by atoms with van der Waals surface area (Å²) < 4.78 is 8.12. The molecular weight excluding hydrogens is 396 g/mol. The molecule has 1 unspecified atom stereocenters. The minimum Gasteiger partial charge on any atom is -0.483 e. The number of carbonyl (C=O) groups excluding carboxylic acids is 1. The highest BCUT2D eigenvalue weighted by Gasteiger charge is 2.19. The zero-order valence-corrected chi connectivity index (χ0v) is 18.9. The maximum atomic E-state index is 12.3. The van der Waals surface area contributed by atoms with Gasteiger partial charge in [-0.25, -0.2) is 0 Å². The number of carbonyl (C=O) groups is 1. The lowest BCUT2D eigenvalue weighted by Crippen LogP contribution is -2.15. The van der Waals surface area contributed by atoms with Gasteiger partial charge in [-0.2, -0.15) is 0 Å².